The number of nitrogens with zero attached hydrogens (tertiary/aromatic N) is 25. The van der Waals surface area contributed by atoms with Crippen molar-refractivity contribution in [1.82, 2.24) is 58.7 Å². The fraction of sp³-hybridized carbons (Fsp3) is 0.375. The van der Waals surface area contributed by atoms with Gasteiger partial charge in [0, 0.05) is 80.0 Å². The Balaban J connectivity index is 0.000000124. The summed E-state index contributed by atoms with van der Waals surface area (Å²) in [6, 6.07) is 29.5. The summed E-state index contributed by atoms with van der Waals surface area (Å²) in [5.41, 5.74) is 33.4. The number of Topliss-reactive ketones (excluding diaryl/α,β-unsaturated/α-hetero) is 1. The third-order valence-corrected chi connectivity index (χ3v) is 27.9. The number of quaternary nitrogens is 5. The third-order valence-electron chi connectivity index (χ3n) is 27.6. The molecule has 0 spiro atoms. The number of hydrogen-bond donors (Lipinski definition) is 8. The fourth-order valence-electron chi connectivity index (χ4n) is 18.1. The number of fused-ring (bicyclic) bond motifs is 6. The van der Waals surface area contributed by atoms with Gasteiger partial charge in [-0.05, 0) is 117 Å². The zero-order valence-electron chi connectivity index (χ0n) is 84.3. The summed E-state index contributed by atoms with van der Waals surface area (Å²) >= 11 is 6.14. The van der Waals surface area contributed by atoms with Crippen molar-refractivity contribution in [2.75, 3.05) is 265 Å². The molecule has 6 fully saturated rings. The predicted octanol–water partition coefficient (Wildman–Crippen LogP) is 7.56. The molecule has 40 heteroatoms. The highest BCUT2D eigenvalue weighted by molar-refractivity contribution is 6.51. The van der Waals surface area contributed by atoms with Crippen LogP contribution in [0.1, 0.15) is 20.8 Å². The van der Waals surface area contributed by atoms with E-state index in [0.717, 1.165) is 244 Å². The molecule has 6 aliphatic heterocycles. The van der Waals surface area contributed by atoms with Gasteiger partial charge in [0.15, 0.2) is 40.7 Å². The van der Waals surface area contributed by atoms with Crippen molar-refractivity contribution >= 4 is 154 Å². The number of aliphatic hydroxyl groups excluding tert-OH is 2. The maximum Gasteiger partial charge on any atom is 0.206 e. The third kappa shape index (κ3) is 22.6. The number of likely N-dealkylation sites (N-methyl/N-ethyl adjacent to an activating group) is 5. The molecule has 21 rings (SSSR count). The van der Waals surface area contributed by atoms with Gasteiger partial charge in [-0.15, -0.1) is 25.5 Å². The summed E-state index contributed by atoms with van der Waals surface area (Å²) in [6.07, 6.45) is 24.3. The maximum atomic E-state index is 12.7. The Hall–Kier alpha value is -14.8. The first-order valence-corrected chi connectivity index (χ1v) is 49.1. The van der Waals surface area contributed by atoms with Gasteiger partial charge < -0.3 is 94.4 Å². The number of carbonyl (C=O) groups excluding carboxylic acids is 4. The van der Waals surface area contributed by atoms with Gasteiger partial charge in [0.25, 0.3) is 0 Å². The molecule has 0 bridgehead atoms. The molecule has 0 unspecified atom stereocenters. The first-order chi connectivity index (χ1) is 68.9. The number of nitrogens with two attached hydrogens (primary N) is 3. The van der Waals surface area contributed by atoms with Crippen molar-refractivity contribution in [3.63, 3.8) is 0 Å². The largest absolute Gasteiger partial charge is 0.490 e. The number of aromatic nitrogens is 10. The van der Waals surface area contributed by atoms with E-state index in [1.807, 2.05) is 145 Å². The van der Waals surface area contributed by atoms with Crippen molar-refractivity contribution in [3.8, 4) is 0 Å². The zero-order valence-corrected chi connectivity index (χ0v) is 85.0. The van der Waals surface area contributed by atoms with Gasteiger partial charge in [-0.25, -0.2) is 47.5 Å². The number of nitrogens with one attached hydrogen (secondary N) is 3. The van der Waals surface area contributed by atoms with Gasteiger partial charge in [0.2, 0.25) is 11.6 Å². The van der Waals surface area contributed by atoms with Gasteiger partial charge in [-0.1, -0.05) is 41.9 Å². The second-order valence-electron chi connectivity index (χ2n) is 40.7. The van der Waals surface area contributed by atoms with Crippen LogP contribution in [0.15, 0.2) is 263 Å². The minimum absolute atomic E-state index is 0.0220. The van der Waals surface area contributed by atoms with Gasteiger partial charge >= 0.3 is 0 Å². The van der Waals surface area contributed by atoms with E-state index in [1.54, 1.807) is 63.3 Å². The van der Waals surface area contributed by atoms with Crippen LogP contribution in [0.3, 0.4) is 0 Å². The lowest BCUT2D eigenvalue weighted by Crippen LogP contribution is -2.55. The van der Waals surface area contributed by atoms with Crippen molar-refractivity contribution in [3.05, 3.63) is 238 Å². The molecule has 6 saturated heterocycles. The number of rotatable bonds is 16. The van der Waals surface area contributed by atoms with E-state index in [4.69, 9.17) is 99.2 Å². The lowest BCUT2D eigenvalue weighted by atomic mass is 10.0. The Morgan fingerprint density at radius 1 is 0.417 bits per heavy atom. The topological polar surface area (TPSA) is 418 Å². The number of aliphatic imine (C=N–C) groups is 5. The molecule has 39 nitrogen and oxygen atoms in total. The van der Waals surface area contributed by atoms with E-state index in [2.05, 4.69) is 106 Å². The monoisotopic (exact) mass is 1980 g/mol. The maximum absolute atomic E-state index is 12.7. The normalized spacial score (nSPS) is 21.3. The molecule has 10 aromatic rings. The highest BCUT2D eigenvalue weighted by Crippen LogP contribution is 2.42. The summed E-state index contributed by atoms with van der Waals surface area (Å²) in [6.45, 7) is 26.3. The van der Waals surface area contributed by atoms with Crippen molar-refractivity contribution in [2.24, 2.45) is 42.2 Å². The number of anilines is 5. The minimum atomic E-state index is -0.255. The van der Waals surface area contributed by atoms with Crippen LogP contribution in [0.4, 0.5) is 57.5 Å². The van der Waals surface area contributed by atoms with Gasteiger partial charge in [0.05, 0.1) is 299 Å². The highest BCUT2D eigenvalue weighted by Gasteiger charge is 2.37. The van der Waals surface area contributed by atoms with Crippen LogP contribution in [0.2, 0.25) is 0 Å². The zero-order chi connectivity index (χ0) is 102. The number of aliphatic hydroxyl groups is 2. The molecule has 144 heavy (non-hydrogen) atoms. The summed E-state index contributed by atoms with van der Waals surface area (Å²) in [7, 11) is 22.4. The predicted molar refractivity (Wildman–Crippen MR) is 567 cm³/mol. The first-order valence-electron chi connectivity index (χ1n) is 48.8. The number of piperazine rings is 5. The molecule has 0 saturated carbocycles. The van der Waals surface area contributed by atoms with Crippen LogP contribution in [-0.2, 0) is 28.7 Å². The molecule has 16 heterocycles. The van der Waals surface area contributed by atoms with E-state index >= 15 is 0 Å². The van der Waals surface area contributed by atoms with Gasteiger partial charge in [-0.3, -0.25) is 24.6 Å². The summed E-state index contributed by atoms with van der Waals surface area (Å²) in [5.74, 6) is 4.77. The van der Waals surface area contributed by atoms with Gasteiger partial charge in [-0.2, -0.15) is 0 Å². The highest BCUT2D eigenvalue weighted by atomic mass is 35.5. The lowest BCUT2D eigenvalue weighted by molar-refractivity contribution is -0.890. The number of hydrogen-bond acceptors (Lipinski definition) is 29. The molecule has 0 radical (unpaired) electrons. The number of carbonyl (C=O) groups is 4. The average molecular weight is 1980 g/mol. The average Bonchev–Trinajstić information content (AvgIpc) is 1.66. The Bertz CT molecular complexity index is 7190. The fourth-order valence-corrected chi connectivity index (χ4v) is 18.3. The van der Waals surface area contributed by atoms with E-state index in [1.165, 1.54) is 12.2 Å². The van der Waals surface area contributed by atoms with Crippen molar-refractivity contribution in [1.29, 1.82) is 5.41 Å². The molecule has 5 aliphatic carbocycles. The Labute approximate surface area is 841 Å². The molecule has 11 N–H and O–H groups in total. The molecule has 10 aromatic heterocycles. The number of pyridine rings is 5. The van der Waals surface area contributed by atoms with E-state index in [0.29, 0.717) is 93.6 Å². The van der Waals surface area contributed by atoms with Crippen molar-refractivity contribution in [2.45, 2.75) is 20.8 Å². The number of ether oxygens (including phenoxy) is 2. The summed E-state index contributed by atoms with van der Waals surface area (Å²) in [5, 5.41) is 56.9. The number of morpholine rings is 1. The van der Waals surface area contributed by atoms with Crippen LogP contribution >= 0.6 is 11.6 Å². The first kappa shape index (κ1) is 101. The van der Waals surface area contributed by atoms with E-state index in [9.17, 15) is 24.3 Å². The molecule has 752 valence electrons. The summed E-state index contributed by atoms with van der Waals surface area (Å²) < 4.78 is 25.4. The summed E-state index contributed by atoms with van der Waals surface area (Å²) in [4.78, 5) is 84.4. The molecule has 0 aromatic carbocycles. The van der Waals surface area contributed by atoms with Crippen LogP contribution in [0.25, 0.3) is 27.6 Å². The number of allylic oxidation sites excluding steroid dienone is 13. The van der Waals surface area contributed by atoms with Crippen LogP contribution < -0.4 is 52.3 Å². The molecule has 11 aliphatic rings. The smallest absolute Gasteiger partial charge is 0.206 e. The van der Waals surface area contributed by atoms with Crippen LogP contribution in [0, 0.1) is 5.41 Å². The molecular weight excluding hydrogens is 1850 g/mol. The number of halogens is 1. The van der Waals surface area contributed by atoms with E-state index in [-0.39, 0.29) is 59.4 Å². The van der Waals surface area contributed by atoms with Crippen LogP contribution in [-0.4, -0.2) is 379 Å². The minimum Gasteiger partial charge on any atom is -0.490 e. The molecule has 0 atom stereocenters. The molecule has 0 amide bonds. The quantitative estimate of drug-likeness (QED) is 0.0263. The van der Waals surface area contributed by atoms with Crippen LogP contribution in [0.5, 0.6) is 0 Å². The van der Waals surface area contributed by atoms with E-state index < -0.39 is 0 Å². The second-order valence-corrected chi connectivity index (χ2v) is 41.1. The standard InChI is InChI=1S/C22H28N6O2.C21H28N7O2.C21H24N6O2.C20H23ClN6O.C20H24N6O/c1-16-14-18(17(15-20(16)30)23-7-13-29)24-21-19-6-4-5-8-27(19)25-22(21)26-9-11-28(2,3)12-10-26;1-28(2)9-7-26(8-10-28)21-20(18-5-3-4-6-27(18)25-21)24-17-14-19(30-12-11-29)16(23)13-15(17)22;1-27(2)10-8-25(9-11-27)21-20(17-5-3-4-7-26(17)24-21)23-15-14-19-16(13-18(15)28)22-6-12-29-19;1-13-12-14(17(22)16(21)19(13)28)23-18-15-6-4-5-7-26(15)24-20(18)25-8-10-27(2,3)11-9-25;1-14-12-16(15(21)13-18(14)27)22-19-17-6-4-5-7-25(17)23-20(19)24-8-10-26(2,3)11-9-24/h4-6,8,14-15,29H,7,9-13H2,1-3H3;3-6,13-14,22,29H,7-12,23H2,1-2H3;3-5,7,13-14H,6,8-12H2,1-2H3;4-7,12H,8-11H2,1-3H3,(H-,22,28);4-7,12-13H,8-11H2,1-3H3,(H-,21,27)/q;+1;;;/p+4. The molecular formula is C104H131ClN31O8+5. The van der Waals surface area contributed by atoms with Crippen molar-refractivity contribution < 1.29 is 61.3 Å². The number of ketones is 4. The SMILES string of the molecule is CC1=CC(=Nc2c(N3CC[N+](C)(C)CC3)nn3ccccc23)C(N)=C(Cl)C1=O.CC1=CC(=Nc2c(N3CC[N+](C)(C)CC3)nn3ccccc23)C(N)=CC1=O.CC1=CC(=Nc2c(N3CC[N+](C)(C)CC3)nn3ccccc23)C(NCCO)=CC1=O.C[N+]1(C)CCN(c2nn3ccccc3c2N=C2C=C(OCCO)C(N)=CC2=N)CC1.C[N+]1(C)CCN(c2nn3ccccc3c2N=C2C=C3OCCNC3=CC2=O)CC1. The Morgan fingerprint density at radius 2 is 0.764 bits per heavy atom. The second kappa shape index (κ2) is 42.0. The Morgan fingerprint density at radius 3 is 1.15 bits per heavy atom. The Kier molecular flexibility index (Phi) is 29.4. The van der Waals surface area contributed by atoms with Gasteiger partial charge in [0.1, 0.15) is 63.9 Å². The lowest BCUT2D eigenvalue weighted by Gasteiger charge is -2.39.